The summed E-state index contributed by atoms with van der Waals surface area (Å²) in [6, 6.07) is 0. The van der Waals surface area contributed by atoms with E-state index in [1.165, 1.54) is 24.3 Å². The van der Waals surface area contributed by atoms with Gasteiger partial charge in [-0.15, -0.1) is 11.3 Å². The zero-order valence-corrected chi connectivity index (χ0v) is 7.81. The maximum atomic E-state index is 8.78. The van der Waals surface area contributed by atoms with E-state index in [4.69, 9.17) is 5.11 Å². The van der Waals surface area contributed by atoms with E-state index < -0.39 is 0 Å². The Labute approximate surface area is 76.3 Å². The summed E-state index contributed by atoms with van der Waals surface area (Å²) in [5.41, 5.74) is 0.825. The molecule has 1 aliphatic rings. The van der Waals surface area contributed by atoms with Gasteiger partial charge in [0.15, 0.2) is 0 Å². The van der Waals surface area contributed by atoms with Gasteiger partial charge in [-0.25, -0.2) is 4.98 Å². The van der Waals surface area contributed by atoms with Crippen LogP contribution in [0.2, 0.25) is 0 Å². The number of nitrogens with zero attached hydrogens (tertiary/aromatic N) is 1. The number of hydrogen-bond donors (Lipinski definition) is 1. The Hall–Kier alpha value is -0.410. The monoisotopic (exact) mass is 183 g/mol. The maximum absolute atomic E-state index is 8.78. The van der Waals surface area contributed by atoms with Crippen molar-refractivity contribution in [3.8, 4) is 0 Å². The Morgan fingerprint density at radius 3 is 3.00 bits per heavy atom. The lowest BCUT2D eigenvalue weighted by atomic mass is 10.2. The van der Waals surface area contributed by atoms with Crippen molar-refractivity contribution in [3.05, 3.63) is 16.1 Å². The highest BCUT2D eigenvalue weighted by Crippen LogP contribution is 2.33. The highest BCUT2D eigenvalue weighted by atomic mass is 32.1. The van der Waals surface area contributed by atoms with E-state index in [1.54, 1.807) is 11.3 Å². The molecule has 1 aromatic heterocycles. The van der Waals surface area contributed by atoms with Crippen molar-refractivity contribution in [1.29, 1.82) is 0 Å². The minimum Gasteiger partial charge on any atom is -0.390 e. The van der Waals surface area contributed by atoms with Gasteiger partial charge in [-0.05, 0) is 18.8 Å². The van der Waals surface area contributed by atoms with E-state index in [-0.39, 0.29) is 6.61 Å². The fourth-order valence-electron chi connectivity index (χ4n) is 1.27. The van der Waals surface area contributed by atoms with Gasteiger partial charge >= 0.3 is 0 Å². The minimum atomic E-state index is 0.0833. The Morgan fingerprint density at radius 1 is 1.58 bits per heavy atom. The second-order valence-electron chi connectivity index (χ2n) is 3.37. The molecule has 0 atom stereocenters. The minimum absolute atomic E-state index is 0.0833. The lowest BCUT2D eigenvalue weighted by Gasteiger charge is -1.92. The summed E-state index contributed by atoms with van der Waals surface area (Å²) < 4.78 is 0. The van der Waals surface area contributed by atoms with Crippen LogP contribution < -0.4 is 0 Å². The van der Waals surface area contributed by atoms with Crippen molar-refractivity contribution in [2.45, 2.75) is 32.3 Å². The van der Waals surface area contributed by atoms with E-state index >= 15 is 0 Å². The zero-order chi connectivity index (χ0) is 8.39. The molecule has 0 unspecified atom stereocenters. The van der Waals surface area contributed by atoms with Gasteiger partial charge in [-0.1, -0.05) is 12.8 Å². The van der Waals surface area contributed by atoms with E-state index in [0.29, 0.717) is 0 Å². The molecule has 1 fully saturated rings. The first-order chi connectivity index (χ1) is 5.88. The predicted molar refractivity (Wildman–Crippen MR) is 49.1 cm³/mol. The van der Waals surface area contributed by atoms with Crippen molar-refractivity contribution in [2.75, 3.05) is 0 Å². The van der Waals surface area contributed by atoms with Crippen LogP contribution in [0, 0.1) is 5.92 Å². The van der Waals surface area contributed by atoms with Gasteiger partial charge in [0.1, 0.15) is 0 Å². The third kappa shape index (κ3) is 2.05. The number of aliphatic hydroxyl groups excluding tert-OH is 1. The molecule has 0 aliphatic heterocycles. The van der Waals surface area contributed by atoms with Gasteiger partial charge in [0, 0.05) is 5.38 Å². The molecule has 0 spiro atoms. The zero-order valence-electron chi connectivity index (χ0n) is 6.99. The van der Waals surface area contributed by atoms with Gasteiger partial charge < -0.3 is 5.11 Å². The predicted octanol–water partition coefficient (Wildman–Crippen LogP) is 1.98. The number of aryl methyl sites for hydroxylation is 1. The highest BCUT2D eigenvalue weighted by molar-refractivity contribution is 7.09. The normalized spacial score (nSPS) is 16.8. The molecule has 66 valence electrons. The molecule has 1 aliphatic carbocycles. The third-order valence-electron chi connectivity index (χ3n) is 2.22. The molecule has 2 rings (SSSR count). The standard InChI is InChI=1S/C9H13NOS/c11-5-8-6-12-9(10-8)4-3-7-1-2-7/h6-7,11H,1-5H2. The smallest absolute Gasteiger partial charge is 0.0929 e. The molecule has 12 heavy (non-hydrogen) atoms. The summed E-state index contributed by atoms with van der Waals surface area (Å²) in [6.07, 6.45) is 5.23. The number of hydrogen-bond acceptors (Lipinski definition) is 3. The molecule has 0 amide bonds. The highest BCUT2D eigenvalue weighted by Gasteiger charge is 2.20. The molecule has 1 saturated carbocycles. The fraction of sp³-hybridized carbons (Fsp3) is 0.667. The summed E-state index contributed by atoms with van der Waals surface area (Å²) in [7, 11) is 0. The summed E-state index contributed by atoms with van der Waals surface area (Å²) in [5, 5.41) is 11.9. The molecule has 0 aromatic carbocycles. The quantitative estimate of drug-likeness (QED) is 0.774. The molecule has 2 nitrogen and oxygen atoms in total. The first-order valence-electron chi connectivity index (χ1n) is 4.42. The Kier molecular flexibility index (Phi) is 2.42. The molecule has 0 bridgehead atoms. The largest absolute Gasteiger partial charge is 0.390 e. The average Bonchev–Trinajstić information content (AvgIpc) is 2.81. The van der Waals surface area contributed by atoms with E-state index in [1.807, 2.05) is 5.38 Å². The second-order valence-corrected chi connectivity index (χ2v) is 4.32. The number of rotatable bonds is 4. The summed E-state index contributed by atoms with van der Waals surface area (Å²) in [5.74, 6) is 0.978. The van der Waals surface area contributed by atoms with Crippen LogP contribution in [0.3, 0.4) is 0 Å². The molecule has 1 aromatic rings. The first kappa shape index (κ1) is 8.20. The molecular weight excluding hydrogens is 170 g/mol. The van der Waals surface area contributed by atoms with E-state index in [0.717, 1.165) is 18.0 Å². The van der Waals surface area contributed by atoms with E-state index in [2.05, 4.69) is 4.98 Å². The van der Waals surface area contributed by atoms with Crippen molar-refractivity contribution in [2.24, 2.45) is 5.92 Å². The van der Waals surface area contributed by atoms with Crippen LogP contribution in [0.1, 0.15) is 30.0 Å². The van der Waals surface area contributed by atoms with Crippen LogP contribution >= 0.6 is 11.3 Å². The molecule has 0 saturated heterocycles. The van der Waals surface area contributed by atoms with Crippen LogP contribution in [-0.2, 0) is 13.0 Å². The number of aliphatic hydroxyl groups is 1. The van der Waals surface area contributed by atoms with Crippen molar-refractivity contribution in [1.82, 2.24) is 4.98 Å². The first-order valence-corrected chi connectivity index (χ1v) is 5.30. The van der Waals surface area contributed by atoms with Gasteiger partial charge in [-0.3, -0.25) is 0 Å². The Morgan fingerprint density at radius 2 is 2.42 bits per heavy atom. The number of thiazole rings is 1. The van der Waals surface area contributed by atoms with Crippen LogP contribution in [0.5, 0.6) is 0 Å². The van der Waals surface area contributed by atoms with Gasteiger partial charge in [0.25, 0.3) is 0 Å². The van der Waals surface area contributed by atoms with Crippen molar-refractivity contribution in [3.63, 3.8) is 0 Å². The third-order valence-corrected chi connectivity index (χ3v) is 3.18. The molecule has 1 N–H and O–H groups in total. The van der Waals surface area contributed by atoms with Crippen molar-refractivity contribution < 1.29 is 5.11 Å². The SMILES string of the molecule is OCc1csc(CCC2CC2)n1. The van der Waals surface area contributed by atoms with Crippen LogP contribution in [0.25, 0.3) is 0 Å². The molecular formula is C9H13NOS. The van der Waals surface area contributed by atoms with Crippen molar-refractivity contribution >= 4 is 11.3 Å². The Bertz CT molecular complexity index is 255. The van der Waals surface area contributed by atoms with Gasteiger partial charge in [0.05, 0.1) is 17.3 Å². The second kappa shape index (κ2) is 3.54. The molecule has 0 radical (unpaired) electrons. The molecule has 1 heterocycles. The Balaban J connectivity index is 1.84. The summed E-state index contributed by atoms with van der Waals surface area (Å²) in [4.78, 5) is 4.30. The maximum Gasteiger partial charge on any atom is 0.0929 e. The summed E-state index contributed by atoms with van der Waals surface area (Å²) in [6.45, 7) is 0.0833. The van der Waals surface area contributed by atoms with E-state index in [9.17, 15) is 0 Å². The molecule has 3 heteroatoms. The van der Waals surface area contributed by atoms with Crippen LogP contribution in [-0.4, -0.2) is 10.1 Å². The van der Waals surface area contributed by atoms with Crippen LogP contribution in [0.4, 0.5) is 0 Å². The average molecular weight is 183 g/mol. The topological polar surface area (TPSA) is 33.1 Å². The van der Waals surface area contributed by atoms with Crippen LogP contribution in [0.15, 0.2) is 5.38 Å². The lowest BCUT2D eigenvalue weighted by Crippen LogP contribution is -1.87. The van der Waals surface area contributed by atoms with Gasteiger partial charge in [0.2, 0.25) is 0 Å². The number of aromatic nitrogens is 1. The van der Waals surface area contributed by atoms with Gasteiger partial charge in [-0.2, -0.15) is 0 Å². The summed E-state index contributed by atoms with van der Waals surface area (Å²) >= 11 is 1.67. The fourth-order valence-corrected chi connectivity index (χ4v) is 2.08. The lowest BCUT2D eigenvalue weighted by molar-refractivity contribution is 0.277.